The standard InChI is InChI=1S/C17H11BrN2O4/c1-10-12(6-4-8-15(10)20(22)23)16-19-14(17(21)24-16)9-11-5-2-3-7-13(11)18/h2-9H,1H3/b14-9-. The third-order valence-electron chi connectivity index (χ3n) is 3.55. The van der Waals surface area contributed by atoms with E-state index in [0.29, 0.717) is 11.1 Å². The van der Waals surface area contributed by atoms with Gasteiger partial charge in [0.15, 0.2) is 5.70 Å². The van der Waals surface area contributed by atoms with E-state index in [2.05, 4.69) is 20.9 Å². The molecule has 0 bridgehead atoms. The number of cyclic esters (lactones) is 1. The molecule has 0 unspecified atom stereocenters. The predicted molar refractivity (Wildman–Crippen MR) is 92.6 cm³/mol. The Hall–Kier alpha value is -2.80. The molecule has 24 heavy (non-hydrogen) atoms. The van der Waals surface area contributed by atoms with Crippen molar-refractivity contribution in [3.63, 3.8) is 0 Å². The highest BCUT2D eigenvalue weighted by atomic mass is 79.9. The lowest BCUT2D eigenvalue weighted by Crippen LogP contribution is -2.08. The van der Waals surface area contributed by atoms with E-state index in [1.54, 1.807) is 19.1 Å². The van der Waals surface area contributed by atoms with Crippen LogP contribution in [0.3, 0.4) is 0 Å². The van der Waals surface area contributed by atoms with Crippen LogP contribution in [0.5, 0.6) is 0 Å². The second kappa shape index (κ2) is 6.37. The topological polar surface area (TPSA) is 81.8 Å². The van der Waals surface area contributed by atoms with E-state index in [4.69, 9.17) is 4.74 Å². The van der Waals surface area contributed by atoms with Gasteiger partial charge >= 0.3 is 5.97 Å². The average Bonchev–Trinajstić information content (AvgIpc) is 2.90. The zero-order valence-corrected chi connectivity index (χ0v) is 14.1. The van der Waals surface area contributed by atoms with Crippen LogP contribution in [0.1, 0.15) is 16.7 Å². The molecule has 2 aromatic carbocycles. The van der Waals surface area contributed by atoms with E-state index in [-0.39, 0.29) is 17.3 Å². The molecule has 0 N–H and O–H groups in total. The number of aliphatic imine (C=N–C) groups is 1. The van der Waals surface area contributed by atoms with Gasteiger partial charge in [0, 0.05) is 21.7 Å². The molecule has 0 aliphatic carbocycles. The van der Waals surface area contributed by atoms with E-state index in [1.165, 1.54) is 12.1 Å². The summed E-state index contributed by atoms with van der Waals surface area (Å²) in [6.07, 6.45) is 1.60. The molecule has 0 atom stereocenters. The molecule has 1 aliphatic rings. The Bertz CT molecular complexity index is 919. The molecule has 0 fully saturated rings. The van der Waals surface area contributed by atoms with E-state index in [1.807, 2.05) is 24.3 Å². The largest absolute Gasteiger partial charge is 0.402 e. The molecule has 1 heterocycles. The molecule has 6 nitrogen and oxygen atoms in total. The Balaban J connectivity index is 2.03. The summed E-state index contributed by atoms with van der Waals surface area (Å²) in [4.78, 5) is 26.8. The van der Waals surface area contributed by atoms with E-state index in [0.717, 1.165) is 10.0 Å². The van der Waals surface area contributed by atoms with E-state index < -0.39 is 10.9 Å². The molecule has 0 spiro atoms. The number of nitrogens with zero attached hydrogens (tertiary/aromatic N) is 2. The molecular weight excluding hydrogens is 376 g/mol. The zero-order chi connectivity index (χ0) is 17.3. The number of hydrogen-bond donors (Lipinski definition) is 0. The van der Waals surface area contributed by atoms with Crippen LogP contribution in [0.4, 0.5) is 5.69 Å². The summed E-state index contributed by atoms with van der Waals surface area (Å²) < 4.78 is 6.01. The number of rotatable bonds is 3. The fourth-order valence-corrected chi connectivity index (χ4v) is 2.72. The van der Waals surface area contributed by atoms with Crippen LogP contribution in [0, 0.1) is 17.0 Å². The van der Waals surface area contributed by atoms with Crippen LogP contribution < -0.4 is 0 Å². The van der Waals surface area contributed by atoms with Crippen LogP contribution in [0.15, 0.2) is 57.6 Å². The van der Waals surface area contributed by atoms with Crippen LogP contribution in [-0.4, -0.2) is 16.8 Å². The summed E-state index contributed by atoms with van der Waals surface area (Å²) >= 11 is 3.40. The van der Waals surface area contributed by atoms with Crippen LogP contribution in [-0.2, 0) is 9.53 Å². The van der Waals surface area contributed by atoms with Crippen LogP contribution in [0.25, 0.3) is 6.08 Å². The summed E-state index contributed by atoms with van der Waals surface area (Å²) in [7, 11) is 0. The quantitative estimate of drug-likeness (QED) is 0.345. The Morgan fingerprint density at radius 1 is 1.21 bits per heavy atom. The van der Waals surface area contributed by atoms with Crippen molar-refractivity contribution in [3.05, 3.63) is 79.4 Å². The van der Waals surface area contributed by atoms with Crippen LogP contribution >= 0.6 is 15.9 Å². The number of ether oxygens (including phenoxy) is 1. The second-order valence-corrected chi connectivity index (χ2v) is 5.92. The predicted octanol–water partition coefficient (Wildman–Crippen LogP) is 4.01. The number of esters is 1. The number of halogens is 1. The first-order chi connectivity index (χ1) is 11.5. The van der Waals surface area contributed by atoms with Crippen molar-refractivity contribution < 1.29 is 14.5 Å². The van der Waals surface area contributed by atoms with Gasteiger partial charge in [0.05, 0.1) is 4.92 Å². The molecule has 0 amide bonds. The summed E-state index contributed by atoms with van der Waals surface area (Å²) in [5, 5.41) is 11.0. The Kier molecular flexibility index (Phi) is 4.26. The van der Waals surface area contributed by atoms with Gasteiger partial charge in [0.25, 0.3) is 5.69 Å². The SMILES string of the molecule is Cc1c(C2=N/C(=C\c3ccccc3Br)C(=O)O2)cccc1[N+](=O)[O-]. The molecule has 0 radical (unpaired) electrons. The van der Waals surface area contributed by atoms with Gasteiger partial charge < -0.3 is 4.74 Å². The van der Waals surface area contributed by atoms with Crippen molar-refractivity contribution in [2.24, 2.45) is 4.99 Å². The molecule has 120 valence electrons. The molecular formula is C17H11BrN2O4. The lowest BCUT2D eigenvalue weighted by Gasteiger charge is -2.04. The third kappa shape index (κ3) is 2.98. The minimum atomic E-state index is -0.591. The minimum Gasteiger partial charge on any atom is -0.402 e. The first kappa shape index (κ1) is 16.1. The number of benzene rings is 2. The number of hydrogen-bond acceptors (Lipinski definition) is 5. The van der Waals surface area contributed by atoms with Gasteiger partial charge in [-0.3, -0.25) is 10.1 Å². The fourth-order valence-electron chi connectivity index (χ4n) is 2.32. The lowest BCUT2D eigenvalue weighted by molar-refractivity contribution is -0.385. The van der Waals surface area contributed by atoms with Gasteiger partial charge in [-0.15, -0.1) is 0 Å². The molecule has 7 heteroatoms. The molecule has 1 aliphatic heterocycles. The third-order valence-corrected chi connectivity index (χ3v) is 4.27. The summed E-state index contributed by atoms with van der Waals surface area (Å²) in [6.45, 7) is 1.60. The lowest BCUT2D eigenvalue weighted by atomic mass is 10.1. The Labute approximate surface area is 145 Å². The van der Waals surface area contributed by atoms with Gasteiger partial charge in [-0.25, -0.2) is 9.79 Å². The number of nitro benzene ring substituents is 1. The molecule has 0 saturated heterocycles. The number of carbonyl (C=O) groups is 1. The number of carbonyl (C=O) groups excluding carboxylic acids is 1. The molecule has 0 saturated carbocycles. The number of nitro groups is 1. The zero-order valence-electron chi connectivity index (χ0n) is 12.5. The maximum atomic E-state index is 12.0. The van der Waals surface area contributed by atoms with Gasteiger partial charge in [0.1, 0.15) is 0 Å². The second-order valence-electron chi connectivity index (χ2n) is 5.06. The van der Waals surface area contributed by atoms with Crippen molar-refractivity contribution >= 4 is 39.6 Å². The van der Waals surface area contributed by atoms with Gasteiger partial charge in [-0.2, -0.15) is 0 Å². The first-order valence-electron chi connectivity index (χ1n) is 6.99. The average molecular weight is 387 g/mol. The Morgan fingerprint density at radius 2 is 1.96 bits per heavy atom. The summed E-state index contributed by atoms with van der Waals surface area (Å²) in [5.41, 5.74) is 1.70. The summed E-state index contributed by atoms with van der Waals surface area (Å²) in [6, 6.07) is 11.9. The highest BCUT2D eigenvalue weighted by Crippen LogP contribution is 2.27. The van der Waals surface area contributed by atoms with Crippen molar-refractivity contribution in [1.82, 2.24) is 0 Å². The maximum absolute atomic E-state index is 12.0. The summed E-state index contributed by atoms with van der Waals surface area (Å²) in [5.74, 6) is -0.522. The van der Waals surface area contributed by atoms with E-state index >= 15 is 0 Å². The monoisotopic (exact) mass is 386 g/mol. The van der Waals surface area contributed by atoms with Gasteiger partial charge in [0.2, 0.25) is 5.90 Å². The maximum Gasteiger partial charge on any atom is 0.363 e. The van der Waals surface area contributed by atoms with Crippen molar-refractivity contribution in [1.29, 1.82) is 0 Å². The molecule has 0 aromatic heterocycles. The molecule has 2 aromatic rings. The molecule has 3 rings (SSSR count). The van der Waals surface area contributed by atoms with Gasteiger partial charge in [-0.05, 0) is 30.7 Å². The minimum absolute atomic E-state index is 0.0468. The first-order valence-corrected chi connectivity index (χ1v) is 7.78. The highest BCUT2D eigenvalue weighted by molar-refractivity contribution is 9.10. The Morgan fingerprint density at radius 3 is 2.67 bits per heavy atom. The fraction of sp³-hybridized carbons (Fsp3) is 0.0588. The van der Waals surface area contributed by atoms with Gasteiger partial charge in [-0.1, -0.05) is 40.2 Å². The van der Waals surface area contributed by atoms with Crippen molar-refractivity contribution in [2.45, 2.75) is 6.92 Å². The smallest absolute Gasteiger partial charge is 0.363 e. The van der Waals surface area contributed by atoms with Crippen molar-refractivity contribution in [2.75, 3.05) is 0 Å². The highest BCUT2D eigenvalue weighted by Gasteiger charge is 2.27. The van der Waals surface area contributed by atoms with E-state index in [9.17, 15) is 14.9 Å². The van der Waals surface area contributed by atoms with Crippen molar-refractivity contribution in [3.8, 4) is 0 Å². The normalized spacial score (nSPS) is 15.3. The van der Waals surface area contributed by atoms with Crippen LogP contribution in [0.2, 0.25) is 0 Å².